The van der Waals surface area contributed by atoms with Crippen molar-refractivity contribution >= 4 is 0 Å². The van der Waals surface area contributed by atoms with E-state index in [1.54, 1.807) is 0 Å². The van der Waals surface area contributed by atoms with Crippen molar-refractivity contribution < 1.29 is 10.2 Å². The van der Waals surface area contributed by atoms with Crippen molar-refractivity contribution in [2.75, 3.05) is 0 Å². The second kappa shape index (κ2) is 4.48. The van der Waals surface area contributed by atoms with Gasteiger partial charge >= 0.3 is 0 Å². The first-order chi connectivity index (χ1) is 10.3. The molecule has 2 heteroatoms. The van der Waals surface area contributed by atoms with Gasteiger partial charge in [-0.15, -0.1) is 0 Å². The van der Waals surface area contributed by atoms with E-state index in [1.165, 1.54) is 18.4 Å². The smallest absolute Gasteiger partial charge is 0.0758 e. The number of aliphatic hydroxyl groups is 2. The molecule has 4 rings (SSSR count). The number of hydrogen-bond donors (Lipinski definition) is 2. The molecule has 0 aromatic heterocycles. The Morgan fingerprint density at radius 2 is 1.82 bits per heavy atom. The molecule has 0 radical (unpaired) electrons. The minimum absolute atomic E-state index is 0.0910. The van der Waals surface area contributed by atoms with E-state index in [9.17, 15) is 10.2 Å². The highest BCUT2D eigenvalue weighted by Gasteiger charge is 2.61. The summed E-state index contributed by atoms with van der Waals surface area (Å²) < 4.78 is 0. The van der Waals surface area contributed by atoms with Crippen molar-refractivity contribution in [1.29, 1.82) is 0 Å². The van der Waals surface area contributed by atoms with Crippen LogP contribution in [0.15, 0.2) is 23.8 Å². The number of hydrogen-bond acceptors (Lipinski definition) is 2. The van der Waals surface area contributed by atoms with Crippen molar-refractivity contribution in [1.82, 2.24) is 0 Å². The Labute approximate surface area is 134 Å². The summed E-state index contributed by atoms with van der Waals surface area (Å²) in [6, 6.07) is 0. The van der Waals surface area contributed by atoms with E-state index in [0.29, 0.717) is 17.8 Å². The van der Waals surface area contributed by atoms with Crippen LogP contribution in [-0.4, -0.2) is 21.9 Å². The molecule has 0 amide bonds. The minimum Gasteiger partial charge on any atom is -0.390 e. The lowest BCUT2D eigenvalue weighted by Crippen LogP contribution is -2.53. The molecule has 0 saturated heterocycles. The monoisotopic (exact) mass is 302 g/mol. The first kappa shape index (κ1) is 15.0. The molecule has 0 aromatic rings. The van der Waals surface area contributed by atoms with Gasteiger partial charge in [-0.3, -0.25) is 0 Å². The fourth-order valence-corrected chi connectivity index (χ4v) is 6.48. The lowest BCUT2D eigenvalue weighted by molar-refractivity contribution is -0.107. The molecule has 2 N–H and O–H groups in total. The summed E-state index contributed by atoms with van der Waals surface area (Å²) in [6.07, 6.45) is 12.9. The van der Waals surface area contributed by atoms with Crippen molar-refractivity contribution in [2.24, 2.45) is 28.6 Å². The van der Waals surface area contributed by atoms with Crippen LogP contribution in [0, 0.1) is 28.6 Å². The molecule has 22 heavy (non-hydrogen) atoms. The minimum atomic E-state index is -0.494. The average molecular weight is 302 g/mol. The first-order valence-electron chi connectivity index (χ1n) is 9.07. The third-order valence-electron chi connectivity index (χ3n) is 8.19. The van der Waals surface area contributed by atoms with Crippen LogP contribution in [0.1, 0.15) is 59.3 Å². The summed E-state index contributed by atoms with van der Waals surface area (Å²) in [7, 11) is 0. The molecule has 0 bridgehead atoms. The molecule has 2 saturated carbocycles. The molecule has 122 valence electrons. The van der Waals surface area contributed by atoms with E-state index in [-0.39, 0.29) is 16.9 Å². The van der Waals surface area contributed by atoms with Crippen molar-refractivity contribution in [3.8, 4) is 0 Å². The Hall–Kier alpha value is -0.600. The SMILES string of the molecule is C[C@]12C=C[C@H](O)CC1=CC[C@H]1[C@H]2CC[C@@]2(C)[C@@H]1CC[C@]2(C)O. The highest BCUT2D eigenvalue weighted by molar-refractivity contribution is 5.33. The fraction of sp³-hybridized carbons (Fsp3) is 0.800. The van der Waals surface area contributed by atoms with Crippen molar-refractivity contribution in [3.63, 3.8) is 0 Å². The van der Waals surface area contributed by atoms with E-state index >= 15 is 0 Å². The summed E-state index contributed by atoms with van der Waals surface area (Å²) in [5.41, 5.74) is 1.19. The van der Waals surface area contributed by atoms with Gasteiger partial charge in [0.05, 0.1) is 11.7 Å². The quantitative estimate of drug-likeness (QED) is 0.668. The third kappa shape index (κ3) is 1.74. The van der Waals surface area contributed by atoms with Crippen LogP contribution < -0.4 is 0 Å². The molecule has 0 aliphatic heterocycles. The third-order valence-corrected chi connectivity index (χ3v) is 8.19. The highest BCUT2D eigenvalue weighted by Crippen LogP contribution is 2.66. The average Bonchev–Trinajstić information content (AvgIpc) is 2.70. The second-order valence-corrected chi connectivity index (χ2v) is 9.02. The molecule has 0 aromatic carbocycles. The molecule has 0 unspecified atom stereocenters. The van der Waals surface area contributed by atoms with Gasteiger partial charge in [-0.2, -0.15) is 0 Å². The standard InChI is InChI=1S/C20H30O2/c1-18-9-6-14(21)12-13(18)4-5-15-16(18)7-10-19(2)17(15)8-11-20(19,3)22/h4,6,9,14-17,21-22H,5,7-8,10-12H2,1-3H3/t14-,15-,16+,17+,18-,19-,20-/m0/s1. The zero-order valence-electron chi connectivity index (χ0n) is 14.2. The lowest BCUT2D eigenvalue weighted by Gasteiger charge is -2.57. The van der Waals surface area contributed by atoms with E-state index in [2.05, 4.69) is 32.9 Å². The van der Waals surface area contributed by atoms with Gasteiger partial charge in [-0.1, -0.05) is 37.6 Å². The topological polar surface area (TPSA) is 40.5 Å². The van der Waals surface area contributed by atoms with E-state index in [4.69, 9.17) is 0 Å². The molecule has 7 atom stereocenters. The van der Waals surface area contributed by atoms with Crippen LogP contribution in [0.2, 0.25) is 0 Å². The zero-order chi connectivity index (χ0) is 15.8. The Morgan fingerprint density at radius 1 is 1.09 bits per heavy atom. The van der Waals surface area contributed by atoms with E-state index < -0.39 is 5.60 Å². The predicted octanol–water partition coefficient (Wildman–Crippen LogP) is 3.84. The van der Waals surface area contributed by atoms with E-state index in [1.807, 2.05) is 6.08 Å². The zero-order valence-corrected chi connectivity index (χ0v) is 14.2. The summed E-state index contributed by atoms with van der Waals surface area (Å²) in [6.45, 7) is 6.78. The maximum atomic E-state index is 10.9. The Bertz CT molecular complexity index is 546. The Kier molecular flexibility index (Phi) is 3.05. The van der Waals surface area contributed by atoms with Crippen LogP contribution in [0.25, 0.3) is 0 Å². The van der Waals surface area contributed by atoms with Gasteiger partial charge < -0.3 is 10.2 Å². The molecule has 4 aliphatic carbocycles. The summed E-state index contributed by atoms with van der Waals surface area (Å²) in [5.74, 6) is 2.03. The molecule has 2 fully saturated rings. The van der Waals surface area contributed by atoms with E-state index in [0.717, 1.165) is 25.7 Å². The van der Waals surface area contributed by atoms with Crippen LogP contribution in [0.5, 0.6) is 0 Å². The van der Waals surface area contributed by atoms with Crippen LogP contribution in [-0.2, 0) is 0 Å². The molecule has 2 nitrogen and oxygen atoms in total. The maximum Gasteiger partial charge on any atom is 0.0758 e. The molecular formula is C20H30O2. The van der Waals surface area contributed by atoms with Crippen LogP contribution >= 0.6 is 0 Å². The van der Waals surface area contributed by atoms with Gasteiger partial charge in [0.1, 0.15) is 0 Å². The van der Waals surface area contributed by atoms with Gasteiger partial charge in [-0.05, 0) is 68.6 Å². The van der Waals surface area contributed by atoms with Gasteiger partial charge in [0.2, 0.25) is 0 Å². The number of fused-ring (bicyclic) bond motifs is 5. The fourth-order valence-electron chi connectivity index (χ4n) is 6.48. The van der Waals surface area contributed by atoms with Gasteiger partial charge in [-0.25, -0.2) is 0 Å². The molecule has 0 spiro atoms. The van der Waals surface area contributed by atoms with Crippen molar-refractivity contribution in [3.05, 3.63) is 23.8 Å². The van der Waals surface area contributed by atoms with Gasteiger partial charge in [0.15, 0.2) is 0 Å². The van der Waals surface area contributed by atoms with Gasteiger partial charge in [0, 0.05) is 5.41 Å². The van der Waals surface area contributed by atoms with Crippen molar-refractivity contribution in [2.45, 2.75) is 71.0 Å². The Morgan fingerprint density at radius 3 is 2.59 bits per heavy atom. The maximum absolute atomic E-state index is 10.9. The first-order valence-corrected chi connectivity index (χ1v) is 9.07. The lowest BCUT2D eigenvalue weighted by atomic mass is 9.48. The molecule has 4 aliphatic rings. The Balaban J connectivity index is 1.72. The molecular weight excluding hydrogens is 272 g/mol. The summed E-state index contributed by atoms with van der Waals surface area (Å²) in [4.78, 5) is 0. The number of aliphatic hydroxyl groups excluding tert-OH is 1. The number of allylic oxidation sites excluding steroid dienone is 2. The van der Waals surface area contributed by atoms with Gasteiger partial charge in [0.25, 0.3) is 0 Å². The predicted molar refractivity (Wildman–Crippen MR) is 88.2 cm³/mol. The molecule has 0 heterocycles. The second-order valence-electron chi connectivity index (χ2n) is 9.02. The van der Waals surface area contributed by atoms with Crippen LogP contribution in [0.4, 0.5) is 0 Å². The largest absolute Gasteiger partial charge is 0.390 e. The number of rotatable bonds is 0. The highest BCUT2D eigenvalue weighted by atomic mass is 16.3. The van der Waals surface area contributed by atoms with Crippen LogP contribution in [0.3, 0.4) is 0 Å². The normalized spacial score (nSPS) is 56.9. The summed E-state index contributed by atoms with van der Waals surface area (Å²) in [5, 5.41) is 20.9. The summed E-state index contributed by atoms with van der Waals surface area (Å²) >= 11 is 0.